The normalized spacial score (nSPS) is 18.1. The molecule has 3 nitrogen and oxygen atoms in total. The fraction of sp³-hybridized carbons (Fsp3) is 0.200. The molecule has 1 aromatic carbocycles. The van der Waals surface area contributed by atoms with Crippen LogP contribution >= 0.6 is 0 Å². The number of rotatable bonds is 2. The van der Waals surface area contributed by atoms with Crippen LogP contribution in [0.2, 0.25) is 0 Å². The zero-order valence-corrected chi connectivity index (χ0v) is 9.87. The summed E-state index contributed by atoms with van der Waals surface area (Å²) in [6.07, 6.45) is 3.63. The number of Topliss-reactive ketones (excluding diaryl/α,β-unsaturated/α-hetero) is 1. The number of benzene rings is 1. The molecule has 2 heterocycles. The molecule has 0 fully saturated rings. The lowest BCUT2D eigenvalue weighted by atomic mass is 9.93. The lowest BCUT2D eigenvalue weighted by Crippen LogP contribution is -2.23. The third kappa shape index (κ3) is 1.93. The number of pyridine rings is 1. The van der Waals surface area contributed by atoms with Gasteiger partial charge < -0.3 is 4.74 Å². The summed E-state index contributed by atoms with van der Waals surface area (Å²) in [5, 5.41) is 0. The SMILES string of the molecule is O=C(c1cccnc1)C1OCCc2ccccc21. The van der Waals surface area contributed by atoms with Gasteiger partial charge in [0.25, 0.3) is 0 Å². The first kappa shape index (κ1) is 11.1. The Morgan fingerprint density at radius 3 is 2.94 bits per heavy atom. The Morgan fingerprint density at radius 1 is 1.22 bits per heavy atom. The minimum Gasteiger partial charge on any atom is -0.365 e. The molecule has 2 aromatic rings. The van der Waals surface area contributed by atoms with Gasteiger partial charge in [-0.25, -0.2) is 0 Å². The minimum atomic E-state index is -0.487. The largest absolute Gasteiger partial charge is 0.365 e. The highest BCUT2D eigenvalue weighted by molar-refractivity contribution is 6.00. The fourth-order valence-electron chi connectivity index (χ4n) is 2.27. The van der Waals surface area contributed by atoms with Crippen LogP contribution in [0, 0.1) is 0 Å². The summed E-state index contributed by atoms with van der Waals surface area (Å²) in [6, 6.07) is 11.5. The molecule has 0 saturated carbocycles. The average Bonchev–Trinajstić information content (AvgIpc) is 2.47. The number of ether oxygens (including phenoxy) is 1. The van der Waals surface area contributed by atoms with E-state index < -0.39 is 6.10 Å². The van der Waals surface area contributed by atoms with Crippen molar-refractivity contribution >= 4 is 5.78 Å². The molecule has 1 aromatic heterocycles. The van der Waals surface area contributed by atoms with Crippen molar-refractivity contribution < 1.29 is 9.53 Å². The maximum atomic E-state index is 12.4. The number of hydrogen-bond donors (Lipinski definition) is 0. The molecule has 0 bridgehead atoms. The number of fused-ring (bicyclic) bond motifs is 1. The molecule has 0 N–H and O–H groups in total. The van der Waals surface area contributed by atoms with Crippen LogP contribution in [0.3, 0.4) is 0 Å². The van der Waals surface area contributed by atoms with Gasteiger partial charge in [0.2, 0.25) is 0 Å². The van der Waals surface area contributed by atoms with Gasteiger partial charge >= 0.3 is 0 Å². The van der Waals surface area contributed by atoms with Crippen molar-refractivity contribution in [3.8, 4) is 0 Å². The molecule has 1 atom stereocenters. The minimum absolute atomic E-state index is 0.0183. The van der Waals surface area contributed by atoms with Crippen LogP contribution in [0.1, 0.15) is 27.6 Å². The van der Waals surface area contributed by atoms with E-state index in [2.05, 4.69) is 11.1 Å². The summed E-state index contributed by atoms with van der Waals surface area (Å²) in [4.78, 5) is 16.4. The summed E-state index contributed by atoms with van der Waals surface area (Å²) >= 11 is 0. The topological polar surface area (TPSA) is 39.2 Å². The summed E-state index contributed by atoms with van der Waals surface area (Å²) in [6.45, 7) is 0.591. The van der Waals surface area contributed by atoms with E-state index in [9.17, 15) is 4.79 Å². The Morgan fingerprint density at radius 2 is 2.11 bits per heavy atom. The van der Waals surface area contributed by atoms with E-state index in [1.54, 1.807) is 24.5 Å². The van der Waals surface area contributed by atoms with E-state index in [1.165, 1.54) is 5.56 Å². The third-order valence-electron chi connectivity index (χ3n) is 3.18. The van der Waals surface area contributed by atoms with Gasteiger partial charge in [0.05, 0.1) is 6.61 Å². The maximum Gasteiger partial charge on any atom is 0.197 e. The zero-order valence-electron chi connectivity index (χ0n) is 9.87. The lowest BCUT2D eigenvalue weighted by molar-refractivity contribution is 0.0348. The molecular formula is C15H13NO2. The smallest absolute Gasteiger partial charge is 0.197 e. The molecule has 0 radical (unpaired) electrons. The number of carbonyl (C=O) groups is 1. The van der Waals surface area contributed by atoms with E-state index in [1.807, 2.05) is 18.2 Å². The van der Waals surface area contributed by atoms with Crippen LogP contribution in [-0.2, 0) is 11.2 Å². The first-order valence-corrected chi connectivity index (χ1v) is 6.00. The number of hydrogen-bond acceptors (Lipinski definition) is 3. The van der Waals surface area contributed by atoms with Crippen molar-refractivity contribution in [1.29, 1.82) is 0 Å². The van der Waals surface area contributed by atoms with E-state index in [4.69, 9.17) is 4.74 Å². The molecule has 3 rings (SSSR count). The van der Waals surface area contributed by atoms with Crippen molar-refractivity contribution in [2.45, 2.75) is 12.5 Å². The molecular weight excluding hydrogens is 226 g/mol. The number of ketones is 1. The Hall–Kier alpha value is -2.00. The quantitative estimate of drug-likeness (QED) is 0.756. The second-order valence-corrected chi connectivity index (χ2v) is 4.31. The Kier molecular flexibility index (Phi) is 2.90. The van der Waals surface area contributed by atoms with Crippen LogP contribution in [-0.4, -0.2) is 17.4 Å². The Balaban J connectivity index is 1.97. The maximum absolute atomic E-state index is 12.4. The molecule has 18 heavy (non-hydrogen) atoms. The van der Waals surface area contributed by atoms with Crippen molar-refractivity contribution in [3.05, 3.63) is 65.5 Å². The van der Waals surface area contributed by atoms with Crippen LogP contribution in [0.25, 0.3) is 0 Å². The van der Waals surface area contributed by atoms with Gasteiger partial charge in [-0.05, 0) is 29.7 Å². The van der Waals surface area contributed by atoms with Gasteiger partial charge in [0.15, 0.2) is 5.78 Å². The van der Waals surface area contributed by atoms with Crippen LogP contribution in [0.5, 0.6) is 0 Å². The first-order valence-electron chi connectivity index (χ1n) is 6.00. The van der Waals surface area contributed by atoms with Gasteiger partial charge in [-0.15, -0.1) is 0 Å². The lowest BCUT2D eigenvalue weighted by Gasteiger charge is -2.24. The third-order valence-corrected chi connectivity index (χ3v) is 3.18. The highest BCUT2D eigenvalue weighted by atomic mass is 16.5. The van der Waals surface area contributed by atoms with Crippen LogP contribution in [0.15, 0.2) is 48.8 Å². The summed E-state index contributed by atoms with van der Waals surface area (Å²) in [7, 11) is 0. The monoisotopic (exact) mass is 239 g/mol. The summed E-state index contributed by atoms with van der Waals surface area (Å²) in [5.41, 5.74) is 2.78. The predicted molar refractivity (Wildman–Crippen MR) is 67.4 cm³/mol. The number of carbonyl (C=O) groups excluding carboxylic acids is 1. The molecule has 1 unspecified atom stereocenters. The van der Waals surface area contributed by atoms with Crippen LogP contribution in [0.4, 0.5) is 0 Å². The molecule has 0 spiro atoms. The molecule has 3 heteroatoms. The van der Waals surface area contributed by atoms with E-state index in [-0.39, 0.29) is 5.78 Å². The fourth-order valence-corrected chi connectivity index (χ4v) is 2.27. The van der Waals surface area contributed by atoms with Crippen LogP contribution < -0.4 is 0 Å². The van der Waals surface area contributed by atoms with Crippen molar-refractivity contribution in [1.82, 2.24) is 4.98 Å². The highest BCUT2D eigenvalue weighted by Crippen LogP contribution is 2.29. The van der Waals surface area contributed by atoms with E-state index >= 15 is 0 Å². The molecule has 90 valence electrons. The van der Waals surface area contributed by atoms with E-state index in [0.717, 1.165) is 12.0 Å². The molecule has 1 aliphatic heterocycles. The second kappa shape index (κ2) is 4.70. The zero-order chi connectivity index (χ0) is 12.4. The van der Waals surface area contributed by atoms with Gasteiger partial charge in [-0.2, -0.15) is 0 Å². The van der Waals surface area contributed by atoms with E-state index in [0.29, 0.717) is 12.2 Å². The molecule has 0 amide bonds. The van der Waals surface area contributed by atoms with Gasteiger partial charge in [0, 0.05) is 18.0 Å². The summed E-state index contributed by atoms with van der Waals surface area (Å²) in [5.74, 6) is -0.0183. The van der Waals surface area contributed by atoms with Crippen molar-refractivity contribution in [2.24, 2.45) is 0 Å². The summed E-state index contributed by atoms with van der Waals surface area (Å²) < 4.78 is 5.64. The first-order chi connectivity index (χ1) is 8.86. The predicted octanol–water partition coefficient (Wildman–Crippen LogP) is 2.58. The van der Waals surface area contributed by atoms with Crippen molar-refractivity contribution in [3.63, 3.8) is 0 Å². The van der Waals surface area contributed by atoms with Gasteiger partial charge in [-0.1, -0.05) is 24.3 Å². The standard InChI is InChI=1S/C15H13NO2/c17-14(12-5-3-8-16-10-12)15-13-6-2-1-4-11(13)7-9-18-15/h1-6,8,10,15H,7,9H2. The van der Waals surface area contributed by atoms with Gasteiger partial charge in [0.1, 0.15) is 6.10 Å². The molecule has 1 aliphatic rings. The average molecular weight is 239 g/mol. The number of aromatic nitrogens is 1. The molecule has 0 aliphatic carbocycles. The van der Waals surface area contributed by atoms with Crippen molar-refractivity contribution in [2.75, 3.05) is 6.61 Å². The number of nitrogens with zero attached hydrogens (tertiary/aromatic N) is 1. The Bertz CT molecular complexity index is 566. The van der Waals surface area contributed by atoms with Gasteiger partial charge in [-0.3, -0.25) is 9.78 Å². The Labute approximate surface area is 105 Å². The second-order valence-electron chi connectivity index (χ2n) is 4.31. The molecule has 0 saturated heterocycles. The highest BCUT2D eigenvalue weighted by Gasteiger charge is 2.27.